The Bertz CT molecular complexity index is 1030. The fourth-order valence-electron chi connectivity index (χ4n) is 4.90. The Balaban J connectivity index is 0.00000153. The van der Waals surface area contributed by atoms with Gasteiger partial charge in [-0.3, -0.25) is 0 Å². The molecule has 3 aromatic rings. The monoisotopic (exact) mass is 492 g/mol. The van der Waals surface area contributed by atoms with Gasteiger partial charge >= 0.3 is 0 Å². The molecule has 0 unspecified atom stereocenters. The van der Waals surface area contributed by atoms with Gasteiger partial charge in [-0.2, -0.15) is 9.97 Å². The quantitative estimate of drug-likeness (QED) is 0.420. The van der Waals surface area contributed by atoms with Crippen LogP contribution in [0.25, 0.3) is 11.2 Å². The zero-order chi connectivity index (χ0) is 21.3. The fraction of sp³-hybridized carbons (Fsp3) is 0.542. The van der Waals surface area contributed by atoms with Crippen LogP contribution in [0.2, 0.25) is 0 Å². The maximum atomic E-state index is 10.3. The Morgan fingerprint density at radius 3 is 2.42 bits per heavy atom. The lowest BCUT2D eigenvalue weighted by atomic mass is 9.84. The van der Waals surface area contributed by atoms with Gasteiger partial charge < -0.3 is 20.3 Å². The molecule has 2 aromatic heterocycles. The van der Waals surface area contributed by atoms with E-state index in [0.717, 1.165) is 42.7 Å². The molecule has 0 radical (unpaired) electrons. The van der Waals surface area contributed by atoms with Crippen LogP contribution in [0.1, 0.15) is 69.9 Å². The van der Waals surface area contributed by atoms with Crippen molar-refractivity contribution in [2.24, 2.45) is 0 Å². The predicted molar refractivity (Wildman–Crippen MR) is 138 cm³/mol. The molecule has 7 nitrogen and oxygen atoms in total. The van der Waals surface area contributed by atoms with Gasteiger partial charge in [0.1, 0.15) is 0 Å². The van der Waals surface area contributed by atoms with Crippen LogP contribution in [-0.2, 0) is 6.54 Å². The normalized spacial score (nSPS) is 23.0. The first-order chi connectivity index (χ1) is 15.1. The summed E-state index contributed by atoms with van der Waals surface area (Å²) in [5, 5.41) is 17.3. The lowest BCUT2D eigenvalue weighted by Crippen LogP contribution is -2.36. The minimum absolute atomic E-state index is 0. The zero-order valence-electron chi connectivity index (χ0n) is 19.0. The number of benzene rings is 1. The van der Waals surface area contributed by atoms with Crippen molar-refractivity contribution in [3.05, 3.63) is 42.2 Å². The van der Waals surface area contributed by atoms with Gasteiger partial charge in [0.25, 0.3) is 0 Å². The number of hydrogen-bond donors (Lipinski definition) is 3. The zero-order valence-corrected chi connectivity index (χ0v) is 20.7. The van der Waals surface area contributed by atoms with Crippen LogP contribution >= 0.6 is 24.8 Å². The third-order valence-corrected chi connectivity index (χ3v) is 6.84. The van der Waals surface area contributed by atoms with Gasteiger partial charge in [0.15, 0.2) is 17.0 Å². The summed E-state index contributed by atoms with van der Waals surface area (Å²) in [4.78, 5) is 14.4. The van der Waals surface area contributed by atoms with Gasteiger partial charge in [-0.1, -0.05) is 43.2 Å². The summed E-state index contributed by atoms with van der Waals surface area (Å²) in [6, 6.07) is 11.1. The average molecular weight is 493 g/mol. The van der Waals surface area contributed by atoms with Crippen molar-refractivity contribution in [1.29, 1.82) is 0 Å². The Kier molecular flexibility index (Phi) is 8.43. The Morgan fingerprint density at radius 1 is 1.03 bits per heavy atom. The molecule has 9 heteroatoms. The van der Waals surface area contributed by atoms with E-state index >= 15 is 0 Å². The minimum atomic E-state index is -0.549. The summed E-state index contributed by atoms with van der Waals surface area (Å²) < 4.78 is 2.24. The molecule has 2 heterocycles. The van der Waals surface area contributed by atoms with Gasteiger partial charge in [0.05, 0.1) is 11.9 Å². The molecule has 33 heavy (non-hydrogen) atoms. The molecule has 0 atom stereocenters. The van der Waals surface area contributed by atoms with Crippen molar-refractivity contribution >= 4 is 47.7 Å². The molecular weight excluding hydrogens is 459 g/mol. The number of rotatable bonds is 6. The molecule has 5 rings (SSSR count). The summed E-state index contributed by atoms with van der Waals surface area (Å²) in [6.07, 6.45) is 10.3. The first-order valence-electron chi connectivity index (χ1n) is 11.6. The van der Waals surface area contributed by atoms with Crippen LogP contribution in [0.5, 0.6) is 0 Å². The van der Waals surface area contributed by atoms with Gasteiger partial charge in [0, 0.05) is 18.6 Å². The molecule has 0 amide bonds. The molecule has 1 aromatic carbocycles. The Morgan fingerprint density at radius 2 is 1.73 bits per heavy atom. The summed E-state index contributed by atoms with van der Waals surface area (Å²) in [7, 11) is 0. The van der Waals surface area contributed by atoms with E-state index < -0.39 is 5.60 Å². The number of hydrogen-bond acceptors (Lipinski definition) is 6. The van der Waals surface area contributed by atoms with Gasteiger partial charge in [0.2, 0.25) is 5.95 Å². The third kappa shape index (κ3) is 5.89. The van der Waals surface area contributed by atoms with Crippen LogP contribution in [-0.4, -0.2) is 36.3 Å². The van der Waals surface area contributed by atoms with Crippen molar-refractivity contribution in [3.63, 3.8) is 0 Å². The van der Waals surface area contributed by atoms with Crippen LogP contribution in [0.15, 0.2) is 36.7 Å². The fourth-order valence-corrected chi connectivity index (χ4v) is 4.90. The van der Waals surface area contributed by atoms with Gasteiger partial charge in [-0.05, 0) is 51.0 Å². The van der Waals surface area contributed by atoms with E-state index in [1.807, 2.05) is 31.5 Å². The number of fused-ring (bicyclic) bond motifs is 1. The second-order valence-corrected chi connectivity index (χ2v) is 9.41. The van der Waals surface area contributed by atoms with Crippen LogP contribution < -0.4 is 10.6 Å². The van der Waals surface area contributed by atoms with E-state index in [0.29, 0.717) is 18.5 Å². The van der Waals surface area contributed by atoms with Crippen LogP contribution in [0.4, 0.5) is 11.8 Å². The van der Waals surface area contributed by atoms with Crippen molar-refractivity contribution < 1.29 is 5.11 Å². The smallest absolute Gasteiger partial charge is 0.227 e. The lowest BCUT2D eigenvalue weighted by Gasteiger charge is -2.33. The van der Waals surface area contributed by atoms with Gasteiger partial charge in [-0.15, -0.1) is 24.8 Å². The Labute approximate surface area is 207 Å². The average Bonchev–Trinajstić information content (AvgIpc) is 3.44. The summed E-state index contributed by atoms with van der Waals surface area (Å²) in [5.41, 5.74) is 2.39. The van der Waals surface area contributed by atoms with E-state index in [2.05, 4.69) is 27.3 Å². The van der Waals surface area contributed by atoms with E-state index in [1.54, 1.807) is 0 Å². The molecule has 0 aliphatic heterocycles. The summed E-state index contributed by atoms with van der Waals surface area (Å²) >= 11 is 0. The minimum Gasteiger partial charge on any atom is -0.390 e. The molecular formula is C24H34Cl2N6O. The molecule has 180 valence electrons. The number of halogens is 2. The molecule has 2 aliphatic rings. The summed E-state index contributed by atoms with van der Waals surface area (Å²) in [5.74, 6) is 1.42. The lowest BCUT2D eigenvalue weighted by molar-refractivity contribution is 0.0196. The largest absolute Gasteiger partial charge is 0.390 e. The molecule has 2 aliphatic carbocycles. The van der Waals surface area contributed by atoms with E-state index in [4.69, 9.17) is 15.0 Å². The number of imidazole rings is 1. The highest BCUT2D eigenvalue weighted by molar-refractivity contribution is 5.86. The van der Waals surface area contributed by atoms with Crippen molar-refractivity contribution in [2.45, 2.75) is 82.5 Å². The SMILES string of the molecule is CC1(O)CCC(Nc2nc(NCc3ccccc3)c3ncn(C4CCCC4)c3n2)CC1.Cl.Cl. The van der Waals surface area contributed by atoms with Crippen LogP contribution in [0.3, 0.4) is 0 Å². The highest BCUT2D eigenvalue weighted by atomic mass is 35.5. The number of nitrogens with one attached hydrogen (secondary N) is 2. The maximum Gasteiger partial charge on any atom is 0.227 e. The molecule has 2 saturated carbocycles. The number of nitrogens with zero attached hydrogens (tertiary/aromatic N) is 4. The molecule has 0 saturated heterocycles. The predicted octanol–water partition coefficient (Wildman–Crippen LogP) is 5.50. The van der Waals surface area contributed by atoms with Crippen molar-refractivity contribution in [3.8, 4) is 0 Å². The second-order valence-electron chi connectivity index (χ2n) is 9.41. The van der Waals surface area contributed by atoms with Crippen molar-refractivity contribution in [2.75, 3.05) is 10.6 Å². The molecule has 2 fully saturated rings. The highest BCUT2D eigenvalue weighted by Crippen LogP contribution is 2.34. The maximum absolute atomic E-state index is 10.3. The molecule has 0 bridgehead atoms. The number of anilines is 2. The van der Waals surface area contributed by atoms with E-state index in [-0.39, 0.29) is 30.9 Å². The number of aliphatic hydroxyl groups is 1. The van der Waals surface area contributed by atoms with Gasteiger partial charge in [-0.25, -0.2) is 4.98 Å². The van der Waals surface area contributed by atoms with Crippen LogP contribution in [0, 0.1) is 0 Å². The van der Waals surface area contributed by atoms with E-state index in [1.165, 1.54) is 31.2 Å². The van der Waals surface area contributed by atoms with Crippen molar-refractivity contribution in [1.82, 2.24) is 19.5 Å². The summed E-state index contributed by atoms with van der Waals surface area (Å²) in [6.45, 7) is 2.62. The standard InChI is InChI=1S/C24H32N6O.2ClH/c1-24(31)13-11-18(12-14-24)27-23-28-21(25-15-17-7-3-2-4-8-17)20-22(29-23)30(16-26-20)19-9-5-6-10-19;;/h2-4,7-8,16,18-19,31H,5-6,9-15H2,1H3,(H2,25,27,28,29);2*1H. The first-order valence-corrected chi connectivity index (χ1v) is 11.6. The molecule has 0 spiro atoms. The first kappa shape index (κ1) is 25.5. The number of aromatic nitrogens is 4. The second kappa shape index (κ2) is 10.9. The topological polar surface area (TPSA) is 87.9 Å². The Hall–Kier alpha value is -2.09. The third-order valence-electron chi connectivity index (χ3n) is 6.84. The molecule has 3 N–H and O–H groups in total. The highest BCUT2D eigenvalue weighted by Gasteiger charge is 2.29. The van der Waals surface area contributed by atoms with E-state index in [9.17, 15) is 5.11 Å².